The Morgan fingerprint density at radius 2 is 1.38 bits per heavy atom. The largest absolute Gasteiger partial charge is 0.414 e. The van der Waals surface area contributed by atoms with Crippen molar-refractivity contribution in [3.63, 3.8) is 0 Å². The maximum Gasteiger partial charge on any atom is 0.276 e. The summed E-state index contributed by atoms with van der Waals surface area (Å²) in [5, 5.41) is 9.80. The number of imidazole rings is 1. The van der Waals surface area contributed by atoms with Gasteiger partial charge in [0.25, 0.3) is 5.56 Å². The van der Waals surface area contributed by atoms with Crippen LogP contribution in [0.1, 0.15) is 74.2 Å². The number of aliphatic hydroxyl groups excluding tert-OH is 1. The summed E-state index contributed by atoms with van der Waals surface area (Å²) in [4.78, 5) is 20.0. The lowest BCUT2D eigenvalue weighted by Gasteiger charge is -2.44. The topological polar surface area (TPSA) is 108 Å². The zero-order chi connectivity index (χ0) is 32.3. The first-order valence-electron chi connectivity index (χ1n) is 15.2. The third kappa shape index (κ3) is 7.06. The summed E-state index contributed by atoms with van der Waals surface area (Å²) < 4.78 is 30.0. The minimum Gasteiger partial charge on any atom is -0.414 e. The zero-order valence-electron chi connectivity index (χ0n) is 28.8. The SMILES string of the molecule is CC(C)(C)[Si](C)(C)OC[C@H]1O[C@@H](n2cnc3c(=O)[nH]c(CO)cc32)[C@H](O[Si](C)(C)C(C)(C)C)[C@@H]1O[Si](C)(C)C(C)(C)C. The van der Waals surface area contributed by atoms with Gasteiger partial charge in [-0.1, -0.05) is 62.3 Å². The van der Waals surface area contributed by atoms with Crippen molar-refractivity contribution in [2.24, 2.45) is 0 Å². The summed E-state index contributed by atoms with van der Waals surface area (Å²) in [6.07, 6.45) is -0.173. The molecule has 2 N–H and O–H groups in total. The molecule has 42 heavy (non-hydrogen) atoms. The van der Waals surface area contributed by atoms with Gasteiger partial charge < -0.3 is 32.7 Å². The number of aliphatic hydroxyl groups is 1. The van der Waals surface area contributed by atoms with Gasteiger partial charge in [-0.25, -0.2) is 4.98 Å². The lowest BCUT2D eigenvalue weighted by Crippen LogP contribution is -2.54. The highest BCUT2D eigenvalue weighted by Crippen LogP contribution is 2.47. The zero-order valence-corrected chi connectivity index (χ0v) is 31.8. The van der Waals surface area contributed by atoms with E-state index in [2.05, 4.69) is 112 Å². The maximum absolute atomic E-state index is 12.8. The molecule has 1 saturated heterocycles. The summed E-state index contributed by atoms with van der Waals surface area (Å²) in [7, 11) is -6.70. The van der Waals surface area contributed by atoms with Crippen molar-refractivity contribution in [3.05, 3.63) is 28.4 Å². The van der Waals surface area contributed by atoms with E-state index in [1.54, 1.807) is 12.4 Å². The number of ether oxygens (including phenoxy) is 1. The van der Waals surface area contributed by atoms with E-state index in [4.69, 9.17) is 18.0 Å². The van der Waals surface area contributed by atoms with Crippen LogP contribution in [0.4, 0.5) is 0 Å². The molecule has 3 heterocycles. The van der Waals surface area contributed by atoms with Crippen LogP contribution in [0, 0.1) is 0 Å². The van der Waals surface area contributed by atoms with Gasteiger partial charge in [-0.2, -0.15) is 0 Å². The number of hydrogen-bond donors (Lipinski definition) is 2. The van der Waals surface area contributed by atoms with Gasteiger partial charge in [0.15, 0.2) is 36.7 Å². The van der Waals surface area contributed by atoms with Crippen molar-refractivity contribution in [1.29, 1.82) is 0 Å². The lowest BCUT2D eigenvalue weighted by molar-refractivity contribution is -0.0468. The van der Waals surface area contributed by atoms with Crippen LogP contribution in [0.2, 0.25) is 54.4 Å². The second-order valence-electron chi connectivity index (χ2n) is 16.5. The standard InChI is InChI=1S/C30H57N3O6Si3/c1-28(2,3)40(10,11)36-18-22-24(38-41(12,13)29(4,5)6)25(39-42(14,15)30(7,8)9)27(37-22)33-19-31-23-21(33)16-20(17-34)32-26(23)35/h16,19,22,24-25,27,34H,17-18H2,1-15H3,(H,32,35)/t22-,24-,25-,27-/m1/s1. The van der Waals surface area contributed by atoms with E-state index in [1.807, 2.05) is 4.57 Å². The second-order valence-corrected chi connectivity index (χ2v) is 30.8. The molecule has 0 amide bonds. The molecule has 9 nitrogen and oxygen atoms in total. The van der Waals surface area contributed by atoms with Gasteiger partial charge in [-0.15, -0.1) is 0 Å². The van der Waals surface area contributed by atoms with Gasteiger partial charge in [0, 0.05) is 5.69 Å². The van der Waals surface area contributed by atoms with Gasteiger partial charge in [0.1, 0.15) is 18.3 Å². The fourth-order valence-electron chi connectivity index (χ4n) is 4.26. The fourth-order valence-corrected chi connectivity index (χ4v) is 7.88. The summed E-state index contributed by atoms with van der Waals surface area (Å²) >= 11 is 0. The van der Waals surface area contributed by atoms with Gasteiger partial charge in [0.05, 0.1) is 25.1 Å². The first kappa shape index (κ1) is 35.4. The predicted molar refractivity (Wildman–Crippen MR) is 177 cm³/mol. The van der Waals surface area contributed by atoms with E-state index < -0.39 is 37.3 Å². The lowest BCUT2D eigenvalue weighted by atomic mass is 10.1. The van der Waals surface area contributed by atoms with Gasteiger partial charge in [-0.05, 0) is 60.5 Å². The van der Waals surface area contributed by atoms with E-state index in [-0.39, 0.29) is 39.5 Å². The van der Waals surface area contributed by atoms with E-state index in [1.165, 1.54) is 0 Å². The van der Waals surface area contributed by atoms with Crippen LogP contribution >= 0.6 is 0 Å². The van der Waals surface area contributed by atoms with Crippen LogP contribution in [0.25, 0.3) is 11.0 Å². The Balaban J connectivity index is 2.20. The Hall–Kier alpha value is -1.13. The minimum atomic E-state index is -2.32. The van der Waals surface area contributed by atoms with Crippen LogP contribution in [0.3, 0.4) is 0 Å². The van der Waals surface area contributed by atoms with Gasteiger partial charge in [-0.3, -0.25) is 4.79 Å². The molecule has 0 aliphatic carbocycles. The minimum absolute atomic E-state index is 0.0253. The first-order chi connectivity index (χ1) is 18.8. The Morgan fingerprint density at radius 1 is 0.881 bits per heavy atom. The molecule has 2 aromatic rings. The number of aromatic nitrogens is 3. The van der Waals surface area contributed by atoms with Crippen molar-refractivity contribution in [2.45, 2.75) is 148 Å². The Labute approximate surface area is 256 Å². The van der Waals surface area contributed by atoms with Gasteiger partial charge in [0.2, 0.25) is 0 Å². The van der Waals surface area contributed by atoms with Crippen molar-refractivity contribution < 1.29 is 23.1 Å². The quantitative estimate of drug-likeness (QED) is 0.287. The van der Waals surface area contributed by atoms with E-state index >= 15 is 0 Å². The molecule has 1 fully saturated rings. The van der Waals surface area contributed by atoms with Crippen LogP contribution < -0.4 is 5.56 Å². The monoisotopic (exact) mass is 639 g/mol. The average Bonchev–Trinajstić information content (AvgIpc) is 3.37. The fraction of sp³-hybridized carbons (Fsp3) is 0.800. The first-order valence-corrected chi connectivity index (χ1v) is 23.9. The van der Waals surface area contributed by atoms with Crippen molar-refractivity contribution >= 4 is 36.0 Å². The molecular weight excluding hydrogens is 583 g/mol. The molecule has 2 aromatic heterocycles. The summed E-state index contributed by atoms with van der Waals surface area (Å²) in [5.74, 6) is 0. The predicted octanol–water partition coefficient (Wildman–Crippen LogP) is 6.92. The number of nitrogens with zero attached hydrogens (tertiary/aromatic N) is 2. The normalized spacial score (nSPS) is 23.2. The highest BCUT2D eigenvalue weighted by atomic mass is 28.4. The Morgan fingerprint density at radius 3 is 1.86 bits per heavy atom. The number of fused-ring (bicyclic) bond motifs is 1. The Bertz CT molecular complexity index is 1300. The molecule has 0 saturated carbocycles. The van der Waals surface area contributed by atoms with E-state index in [9.17, 15) is 9.90 Å². The molecule has 1 aliphatic heterocycles. The molecule has 12 heteroatoms. The number of rotatable bonds is 9. The third-order valence-corrected chi connectivity index (χ3v) is 23.7. The maximum atomic E-state index is 12.8. The number of pyridine rings is 1. The summed E-state index contributed by atoms with van der Waals surface area (Å²) in [6, 6.07) is 1.76. The molecule has 4 atom stereocenters. The summed E-state index contributed by atoms with van der Waals surface area (Å²) in [6.45, 7) is 33.7. The second kappa shape index (κ2) is 11.7. The molecule has 0 spiro atoms. The van der Waals surface area contributed by atoms with Crippen LogP contribution in [-0.2, 0) is 24.6 Å². The third-order valence-electron chi connectivity index (χ3n) is 10.3. The highest BCUT2D eigenvalue weighted by Gasteiger charge is 2.55. The van der Waals surface area contributed by atoms with Crippen LogP contribution in [-0.4, -0.2) is 69.5 Å². The van der Waals surface area contributed by atoms with Gasteiger partial charge >= 0.3 is 0 Å². The molecule has 3 rings (SSSR count). The number of hydrogen-bond acceptors (Lipinski definition) is 7. The molecule has 0 radical (unpaired) electrons. The van der Waals surface area contributed by atoms with E-state index in [0.29, 0.717) is 23.3 Å². The highest BCUT2D eigenvalue weighted by molar-refractivity contribution is 6.75. The number of H-pyrrole nitrogens is 1. The number of aromatic amines is 1. The van der Waals surface area contributed by atoms with Crippen molar-refractivity contribution in [1.82, 2.24) is 14.5 Å². The summed E-state index contributed by atoms with van der Waals surface area (Å²) in [5.41, 5.74) is 0.960. The molecule has 240 valence electrons. The molecule has 0 unspecified atom stereocenters. The molecular formula is C30H57N3O6Si3. The molecule has 1 aliphatic rings. The van der Waals surface area contributed by atoms with Crippen molar-refractivity contribution in [2.75, 3.05) is 6.61 Å². The Kier molecular flexibility index (Phi) is 9.82. The van der Waals surface area contributed by atoms with Crippen LogP contribution in [0.15, 0.2) is 17.2 Å². The molecule has 0 bridgehead atoms. The average molecular weight is 640 g/mol. The smallest absolute Gasteiger partial charge is 0.276 e. The van der Waals surface area contributed by atoms with E-state index in [0.717, 1.165) is 0 Å². The number of nitrogens with one attached hydrogen (secondary N) is 1. The molecule has 0 aromatic carbocycles. The van der Waals surface area contributed by atoms with Crippen molar-refractivity contribution in [3.8, 4) is 0 Å². The van der Waals surface area contributed by atoms with Crippen LogP contribution in [0.5, 0.6) is 0 Å².